The number of aromatic nitrogens is 2. The van der Waals surface area contributed by atoms with Crippen LogP contribution in [-0.4, -0.2) is 48.0 Å². The summed E-state index contributed by atoms with van der Waals surface area (Å²) in [4.78, 5) is 37.0. The highest BCUT2D eigenvalue weighted by atomic mass is 35.5. The number of rotatable bonds is 5. The molecular formula is C26H22ClFN6O2. The van der Waals surface area contributed by atoms with E-state index in [0.29, 0.717) is 27.8 Å². The summed E-state index contributed by atoms with van der Waals surface area (Å²) in [5, 5.41) is 8.46. The van der Waals surface area contributed by atoms with Crippen molar-refractivity contribution >= 4 is 51.6 Å². The zero-order chi connectivity index (χ0) is 25.1. The van der Waals surface area contributed by atoms with Gasteiger partial charge in [-0.1, -0.05) is 23.7 Å². The van der Waals surface area contributed by atoms with Gasteiger partial charge in [0, 0.05) is 48.7 Å². The number of urea groups is 1. The minimum atomic E-state index is -0.637. The number of nitrogens with zero attached hydrogens (tertiary/aromatic N) is 3. The Bertz CT molecular complexity index is 1460. The van der Waals surface area contributed by atoms with Crippen molar-refractivity contribution in [2.24, 2.45) is 0 Å². The number of benzene rings is 3. The van der Waals surface area contributed by atoms with E-state index in [2.05, 4.69) is 25.8 Å². The van der Waals surface area contributed by atoms with Gasteiger partial charge in [0.05, 0.1) is 22.3 Å². The van der Waals surface area contributed by atoms with Gasteiger partial charge in [0.25, 0.3) is 0 Å². The van der Waals surface area contributed by atoms with E-state index >= 15 is 0 Å². The monoisotopic (exact) mass is 504 g/mol. The van der Waals surface area contributed by atoms with Crippen molar-refractivity contribution in [3.8, 4) is 0 Å². The topological polar surface area (TPSA) is 99.2 Å². The SMILES string of the molecule is O=C(Nc1cccc(C(=O)c2ccc3ncc(N4CCNCC4)nc3c2)c1)Nc1ccc(Cl)c(F)c1. The Morgan fingerprint density at radius 2 is 1.67 bits per heavy atom. The number of hydrogen-bond donors (Lipinski definition) is 3. The standard InChI is InChI=1S/C26H22ClFN6O2/c27-20-6-5-19(14-21(20)28)32-26(36)31-18-3-1-2-16(12-18)25(35)17-4-7-22-23(13-17)33-24(15-30-22)34-10-8-29-9-11-34/h1-7,12-15,29H,8-11H2,(H2,31,32,36). The minimum Gasteiger partial charge on any atom is -0.353 e. The van der Waals surface area contributed by atoms with Crippen LogP contribution in [0.25, 0.3) is 11.0 Å². The first-order chi connectivity index (χ1) is 17.5. The molecule has 1 aliphatic rings. The molecule has 8 nitrogen and oxygen atoms in total. The molecule has 0 saturated carbocycles. The van der Waals surface area contributed by atoms with Crippen molar-refractivity contribution in [1.29, 1.82) is 0 Å². The lowest BCUT2D eigenvalue weighted by molar-refractivity contribution is 0.103. The molecule has 3 aromatic carbocycles. The first-order valence-electron chi connectivity index (χ1n) is 11.4. The van der Waals surface area contributed by atoms with Crippen LogP contribution >= 0.6 is 11.6 Å². The van der Waals surface area contributed by atoms with Crippen LogP contribution in [-0.2, 0) is 0 Å². The summed E-state index contributed by atoms with van der Waals surface area (Å²) < 4.78 is 13.6. The Morgan fingerprint density at radius 3 is 2.44 bits per heavy atom. The first kappa shape index (κ1) is 23.7. The van der Waals surface area contributed by atoms with E-state index in [1.54, 1.807) is 48.7 Å². The number of ketones is 1. The summed E-state index contributed by atoms with van der Waals surface area (Å²) >= 11 is 5.67. The maximum absolute atomic E-state index is 13.6. The second kappa shape index (κ2) is 10.3. The molecule has 1 fully saturated rings. The van der Waals surface area contributed by atoms with E-state index < -0.39 is 11.8 Å². The van der Waals surface area contributed by atoms with Gasteiger partial charge in [0.2, 0.25) is 0 Å². The van der Waals surface area contributed by atoms with Gasteiger partial charge in [0.15, 0.2) is 5.78 Å². The van der Waals surface area contributed by atoms with Crippen LogP contribution in [0.4, 0.5) is 26.4 Å². The van der Waals surface area contributed by atoms with Crippen molar-refractivity contribution in [2.75, 3.05) is 41.7 Å². The van der Waals surface area contributed by atoms with E-state index in [0.717, 1.165) is 38.1 Å². The van der Waals surface area contributed by atoms with E-state index in [1.807, 2.05) is 0 Å². The number of piperazine rings is 1. The van der Waals surface area contributed by atoms with Gasteiger partial charge >= 0.3 is 6.03 Å². The number of carbonyl (C=O) groups is 2. The smallest absolute Gasteiger partial charge is 0.323 e. The summed E-state index contributed by atoms with van der Waals surface area (Å²) in [5.41, 5.74) is 2.87. The van der Waals surface area contributed by atoms with Crippen molar-refractivity contribution in [3.05, 3.63) is 88.8 Å². The molecule has 10 heteroatoms. The number of nitrogens with one attached hydrogen (secondary N) is 3. The lowest BCUT2D eigenvalue weighted by Gasteiger charge is -2.28. The molecule has 0 unspecified atom stereocenters. The van der Waals surface area contributed by atoms with Gasteiger partial charge in [-0.25, -0.2) is 14.2 Å². The van der Waals surface area contributed by atoms with E-state index in [1.165, 1.54) is 12.1 Å². The van der Waals surface area contributed by atoms with Gasteiger partial charge < -0.3 is 20.9 Å². The highest BCUT2D eigenvalue weighted by Gasteiger charge is 2.15. The van der Waals surface area contributed by atoms with Crippen LogP contribution in [0.1, 0.15) is 15.9 Å². The maximum atomic E-state index is 13.6. The predicted octanol–water partition coefficient (Wildman–Crippen LogP) is 4.71. The molecule has 1 aromatic heterocycles. The molecule has 2 heterocycles. The predicted molar refractivity (Wildman–Crippen MR) is 139 cm³/mol. The summed E-state index contributed by atoms with van der Waals surface area (Å²) in [6, 6.07) is 15.2. The summed E-state index contributed by atoms with van der Waals surface area (Å²) in [5.74, 6) is -0.0660. The van der Waals surface area contributed by atoms with Crippen LogP contribution in [0.2, 0.25) is 5.02 Å². The van der Waals surface area contributed by atoms with Crippen LogP contribution < -0.4 is 20.9 Å². The van der Waals surface area contributed by atoms with Gasteiger partial charge in [-0.2, -0.15) is 0 Å². The van der Waals surface area contributed by atoms with Crippen LogP contribution in [0, 0.1) is 5.82 Å². The molecule has 5 rings (SSSR count). The van der Waals surface area contributed by atoms with E-state index in [9.17, 15) is 14.0 Å². The maximum Gasteiger partial charge on any atom is 0.323 e. The number of halogens is 2. The second-order valence-corrected chi connectivity index (χ2v) is 8.69. The average Bonchev–Trinajstić information content (AvgIpc) is 2.90. The number of amides is 2. The zero-order valence-corrected chi connectivity index (χ0v) is 19.8. The highest BCUT2D eigenvalue weighted by Crippen LogP contribution is 2.22. The normalized spacial score (nSPS) is 13.4. The Labute approximate surface area is 211 Å². The molecule has 3 N–H and O–H groups in total. The summed E-state index contributed by atoms with van der Waals surface area (Å²) in [6.45, 7) is 3.47. The Hall–Kier alpha value is -4.08. The quantitative estimate of drug-likeness (QED) is 0.340. The van der Waals surface area contributed by atoms with Crippen LogP contribution in [0.5, 0.6) is 0 Å². The number of hydrogen-bond acceptors (Lipinski definition) is 6. The molecule has 1 saturated heterocycles. The lowest BCUT2D eigenvalue weighted by Crippen LogP contribution is -2.43. The Balaban J connectivity index is 1.32. The summed E-state index contributed by atoms with van der Waals surface area (Å²) in [7, 11) is 0. The van der Waals surface area contributed by atoms with Crippen molar-refractivity contribution in [1.82, 2.24) is 15.3 Å². The fraction of sp³-hybridized carbons (Fsp3) is 0.154. The summed E-state index contributed by atoms with van der Waals surface area (Å²) in [6.07, 6.45) is 1.76. The van der Waals surface area contributed by atoms with Crippen molar-refractivity contribution < 1.29 is 14.0 Å². The third kappa shape index (κ3) is 5.27. The van der Waals surface area contributed by atoms with E-state index in [4.69, 9.17) is 16.6 Å². The van der Waals surface area contributed by atoms with E-state index in [-0.39, 0.29) is 16.5 Å². The van der Waals surface area contributed by atoms with Gasteiger partial charge in [-0.15, -0.1) is 0 Å². The molecule has 0 spiro atoms. The second-order valence-electron chi connectivity index (χ2n) is 8.29. The molecular weight excluding hydrogens is 483 g/mol. The molecule has 4 aromatic rings. The number of fused-ring (bicyclic) bond motifs is 1. The van der Waals surface area contributed by atoms with Crippen LogP contribution in [0.15, 0.2) is 66.9 Å². The van der Waals surface area contributed by atoms with Gasteiger partial charge in [0.1, 0.15) is 11.6 Å². The molecule has 1 aliphatic heterocycles. The molecule has 0 atom stereocenters. The molecule has 0 radical (unpaired) electrons. The molecule has 0 bridgehead atoms. The first-order valence-corrected chi connectivity index (χ1v) is 11.7. The number of carbonyl (C=O) groups excluding carboxylic acids is 2. The largest absolute Gasteiger partial charge is 0.353 e. The fourth-order valence-electron chi connectivity index (χ4n) is 3.96. The third-order valence-electron chi connectivity index (χ3n) is 5.79. The lowest BCUT2D eigenvalue weighted by atomic mass is 10.0. The third-order valence-corrected chi connectivity index (χ3v) is 6.10. The molecule has 36 heavy (non-hydrogen) atoms. The average molecular weight is 505 g/mol. The minimum absolute atomic E-state index is 0.0353. The van der Waals surface area contributed by atoms with Gasteiger partial charge in [-0.3, -0.25) is 9.78 Å². The Morgan fingerprint density at radius 1 is 0.917 bits per heavy atom. The molecule has 0 aliphatic carbocycles. The van der Waals surface area contributed by atoms with Crippen LogP contribution in [0.3, 0.4) is 0 Å². The van der Waals surface area contributed by atoms with Crippen molar-refractivity contribution in [3.63, 3.8) is 0 Å². The zero-order valence-electron chi connectivity index (χ0n) is 19.1. The van der Waals surface area contributed by atoms with Crippen molar-refractivity contribution in [2.45, 2.75) is 0 Å². The highest BCUT2D eigenvalue weighted by molar-refractivity contribution is 6.30. The fourth-order valence-corrected chi connectivity index (χ4v) is 4.08. The Kier molecular flexibility index (Phi) is 6.75. The number of anilines is 3. The molecule has 2 amide bonds. The van der Waals surface area contributed by atoms with Gasteiger partial charge in [-0.05, 0) is 48.5 Å². The molecule has 182 valence electrons.